The average Bonchev–Trinajstić information content (AvgIpc) is 2.74. The van der Waals surface area contributed by atoms with Gasteiger partial charge in [-0.15, -0.1) is 0 Å². The first-order valence-electron chi connectivity index (χ1n) is 9.50. The highest BCUT2D eigenvalue weighted by atomic mass is 19.1. The second-order valence-corrected chi connectivity index (χ2v) is 7.02. The molecule has 154 valence electrons. The van der Waals surface area contributed by atoms with Crippen LogP contribution >= 0.6 is 0 Å². The normalized spacial score (nSPS) is 10.8. The second kappa shape index (κ2) is 8.27. The van der Waals surface area contributed by atoms with E-state index >= 15 is 0 Å². The van der Waals surface area contributed by atoms with E-state index in [1.165, 1.54) is 30.5 Å². The number of aryl methyl sites for hydroxylation is 1. The van der Waals surface area contributed by atoms with Crippen molar-refractivity contribution in [3.05, 3.63) is 83.8 Å². The van der Waals surface area contributed by atoms with Gasteiger partial charge in [0.05, 0.1) is 11.4 Å². The van der Waals surface area contributed by atoms with E-state index in [2.05, 4.69) is 19.9 Å². The lowest BCUT2D eigenvalue weighted by Crippen LogP contribution is -2.11. The minimum Gasteiger partial charge on any atom is -0.397 e. The first-order valence-corrected chi connectivity index (χ1v) is 9.50. The number of nitrogens with two attached hydrogens (primary N) is 2. The van der Waals surface area contributed by atoms with Gasteiger partial charge in [-0.25, -0.2) is 14.4 Å². The molecule has 0 saturated heterocycles. The molecule has 0 spiro atoms. The third-order valence-electron chi connectivity index (χ3n) is 4.73. The lowest BCUT2D eigenvalue weighted by atomic mass is 9.97. The van der Waals surface area contributed by atoms with Crippen LogP contribution in [0.25, 0.3) is 22.5 Å². The molecule has 0 radical (unpaired) electrons. The summed E-state index contributed by atoms with van der Waals surface area (Å²) in [5.41, 5.74) is 15.6. The molecule has 0 atom stereocenters. The molecule has 0 aliphatic rings. The van der Waals surface area contributed by atoms with Crippen LogP contribution in [0.5, 0.6) is 0 Å². The molecule has 4 N–H and O–H groups in total. The number of nitrogens with zero attached hydrogens (tertiary/aromatic N) is 4. The molecule has 31 heavy (non-hydrogen) atoms. The fraction of sp³-hybridized carbons (Fsp3) is 0.0870. The number of carbonyl (C=O) groups is 1. The number of aromatic nitrogens is 4. The lowest BCUT2D eigenvalue weighted by molar-refractivity contribution is 0.0989. The molecule has 0 aliphatic heterocycles. The highest BCUT2D eigenvalue weighted by molar-refractivity contribution is 6.01. The summed E-state index contributed by atoms with van der Waals surface area (Å²) in [4.78, 5) is 29.8. The summed E-state index contributed by atoms with van der Waals surface area (Å²) in [6.45, 7) is 1.85. The fourth-order valence-electron chi connectivity index (χ4n) is 3.36. The van der Waals surface area contributed by atoms with Crippen LogP contribution in [0.15, 0.2) is 61.1 Å². The second-order valence-electron chi connectivity index (χ2n) is 7.02. The Labute approximate surface area is 178 Å². The summed E-state index contributed by atoms with van der Waals surface area (Å²) in [5, 5.41) is 0. The smallest absolute Gasteiger partial charge is 0.187 e. The maximum atomic E-state index is 14.1. The Hall–Kier alpha value is -4.20. The van der Waals surface area contributed by atoms with Crippen molar-refractivity contribution in [3.63, 3.8) is 0 Å². The molecule has 7 nitrogen and oxygen atoms in total. The Kier molecular flexibility index (Phi) is 5.36. The van der Waals surface area contributed by atoms with Gasteiger partial charge in [0, 0.05) is 30.7 Å². The van der Waals surface area contributed by atoms with Crippen LogP contribution < -0.4 is 11.5 Å². The topological polar surface area (TPSA) is 121 Å². The molecule has 4 aromatic rings. The predicted octanol–water partition coefficient (Wildman–Crippen LogP) is 3.64. The van der Waals surface area contributed by atoms with E-state index in [0.717, 1.165) is 16.8 Å². The molecule has 4 aromatic heterocycles. The summed E-state index contributed by atoms with van der Waals surface area (Å²) in [7, 11) is 0. The van der Waals surface area contributed by atoms with Gasteiger partial charge < -0.3 is 11.5 Å². The monoisotopic (exact) mass is 414 g/mol. The molecular weight excluding hydrogens is 395 g/mol. The van der Waals surface area contributed by atoms with Crippen LogP contribution in [-0.4, -0.2) is 25.7 Å². The molecule has 8 heteroatoms. The van der Waals surface area contributed by atoms with Crippen molar-refractivity contribution in [2.45, 2.75) is 13.3 Å². The molecule has 0 aliphatic carbocycles. The zero-order valence-electron chi connectivity index (χ0n) is 16.7. The van der Waals surface area contributed by atoms with Crippen molar-refractivity contribution >= 4 is 17.3 Å². The maximum Gasteiger partial charge on any atom is 0.187 e. The van der Waals surface area contributed by atoms with Gasteiger partial charge >= 0.3 is 0 Å². The van der Waals surface area contributed by atoms with Gasteiger partial charge in [-0.3, -0.25) is 14.8 Å². The van der Waals surface area contributed by atoms with Crippen LogP contribution in [-0.2, 0) is 6.42 Å². The number of pyridine rings is 4. The molecule has 0 aromatic carbocycles. The Morgan fingerprint density at radius 2 is 1.90 bits per heavy atom. The van der Waals surface area contributed by atoms with Crippen molar-refractivity contribution in [1.82, 2.24) is 19.9 Å². The first-order chi connectivity index (χ1) is 14.9. The Bertz CT molecular complexity index is 1270. The molecule has 4 rings (SSSR count). The lowest BCUT2D eigenvalue weighted by Gasteiger charge is -2.11. The number of rotatable bonds is 5. The minimum atomic E-state index is -0.529. The zero-order chi connectivity index (χ0) is 22.0. The molecule has 0 amide bonds. The maximum absolute atomic E-state index is 14.1. The average molecular weight is 414 g/mol. The van der Waals surface area contributed by atoms with Crippen LogP contribution in [0.1, 0.15) is 21.7 Å². The van der Waals surface area contributed by atoms with E-state index in [1.54, 1.807) is 18.5 Å². The largest absolute Gasteiger partial charge is 0.397 e. The van der Waals surface area contributed by atoms with Gasteiger partial charge in [0.1, 0.15) is 17.2 Å². The van der Waals surface area contributed by atoms with E-state index in [1.807, 2.05) is 19.1 Å². The van der Waals surface area contributed by atoms with E-state index < -0.39 is 5.82 Å². The summed E-state index contributed by atoms with van der Waals surface area (Å²) in [5.74, 6) is -0.456. The third kappa shape index (κ3) is 4.23. The number of halogens is 1. The standard InChI is InChI=1S/C23H19FN6O/c1-13-9-14(11-21(26)29-13)16-6-8-27-12-15(16)10-20(31)23-18(25)4-5-19(30-23)22-17(24)3-2-7-28-22/h2-9,11-12H,10,25H2,1H3,(H2,26,29). The quantitative estimate of drug-likeness (QED) is 0.478. The van der Waals surface area contributed by atoms with Crippen molar-refractivity contribution < 1.29 is 9.18 Å². The highest BCUT2D eigenvalue weighted by Gasteiger charge is 2.18. The van der Waals surface area contributed by atoms with E-state index in [-0.39, 0.29) is 35.0 Å². The van der Waals surface area contributed by atoms with Crippen molar-refractivity contribution in [2.24, 2.45) is 0 Å². The Morgan fingerprint density at radius 1 is 1.06 bits per heavy atom. The molecule has 0 fully saturated rings. The van der Waals surface area contributed by atoms with Gasteiger partial charge in [-0.05, 0) is 66.1 Å². The van der Waals surface area contributed by atoms with E-state index in [0.29, 0.717) is 11.4 Å². The number of anilines is 2. The van der Waals surface area contributed by atoms with Gasteiger partial charge in [0.2, 0.25) is 0 Å². The summed E-state index contributed by atoms with van der Waals surface area (Å²) in [6.07, 6.45) is 4.74. The van der Waals surface area contributed by atoms with Gasteiger partial charge in [-0.1, -0.05) is 0 Å². The number of hydrogen-bond donors (Lipinski definition) is 2. The van der Waals surface area contributed by atoms with Crippen LogP contribution in [0.3, 0.4) is 0 Å². The summed E-state index contributed by atoms with van der Waals surface area (Å²) >= 11 is 0. The van der Waals surface area contributed by atoms with Crippen LogP contribution in [0, 0.1) is 12.7 Å². The predicted molar refractivity (Wildman–Crippen MR) is 116 cm³/mol. The third-order valence-corrected chi connectivity index (χ3v) is 4.73. The number of ketones is 1. The number of hydrogen-bond acceptors (Lipinski definition) is 7. The fourth-order valence-corrected chi connectivity index (χ4v) is 3.36. The van der Waals surface area contributed by atoms with Crippen molar-refractivity contribution in [2.75, 3.05) is 11.5 Å². The summed E-state index contributed by atoms with van der Waals surface area (Å²) < 4.78 is 14.1. The van der Waals surface area contributed by atoms with Gasteiger partial charge in [0.25, 0.3) is 0 Å². The SMILES string of the molecule is Cc1cc(-c2ccncc2CC(=O)c2nc(-c3ncccc3F)ccc2N)cc(N)n1. The van der Waals surface area contributed by atoms with E-state index in [9.17, 15) is 9.18 Å². The Balaban J connectivity index is 1.70. The van der Waals surface area contributed by atoms with Gasteiger partial charge in [-0.2, -0.15) is 0 Å². The van der Waals surface area contributed by atoms with Crippen molar-refractivity contribution in [3.8, 4) is 22.5 Å². The number of carbonyl (C=O) groups excluding carboxylic acids is 1. The molecular formula is C23H19FN6O. The molecule has 4 heterocycles. The van der Waals surface area contributed by atoms with Crippen LogP contribution in [0.2, 0.25) is 0 Å². The molecule has 0 bridgehead atoms. The number of nitrogen functional groups attached to an aromatic ring is 2. The van der Waals surface area contributed by atoms with Gasteiger partial charge in [0.15, 0.2) is 11.6 Å². The van der Waals surface area contributed by atoms with Crippen LogP contribution in [0.4, 0.5) is 15.9 Å². The van der Waals surface area contributed by atoms with Crippen molar-refractivity contribution in [1.29, 1.82) is 0 Å². The highest BCUT2D eigenvalue weighted by Crippen LogP contribution is 2.27. The molecule has 0 unspecified atom stereocenters. The first kappa shape index (κ1) is 20.1. The zero-order valence-corrected chi connectivity index (χ0v) is 16.7. The Morgan fingerprint density at radius 3 is 2.68 bits per heavy atom. The van der Waals surface area contributed by atoms with E-state index in [4.69, 9.17) is 11.5 Å². The molecule has 0 saturated carbocycles. The minimum absolute atomic E-state index is 0.00972. The number of Topliss-reactive ketones (excluding diaryl/α,β-unsaturated/α-hetero) is 1. The summed E-state index contributed by atoms with van der Waals surface area (Å²) in [6, 6.07) is 11.3.